The number of allylic oxidation sites excluding steroid dienone is 2. The highest BCUT2D eigenvalue weighted by Crippen LogP contribution is 2.36. The van der Waals surface area contributed by atoms with Gasteiger partial charge in [-0.25, -0.2) is 0 Å². The second-order valence-electron chi connectivity index (χ2n) is 8.33. The topological polar surface area (TPSA) is 42.2 Å². The molecule has 7 heteroatoms. The van der Waals surface area contributed by atoms with Crippen LogP contribution in [0.15, 0.2) is 36.2 Å². The van der Waals surface area contributed by atoms with Crippen LogP contribution in [-0.2, 0) is 4.74 Å². The molecule has 30 heavy (non-hydrogen) atoms. The van der Waals surface area contributed by atoms with E-state index in [4.69, 9.17) is 10.00 Å². The zero-order valence-corrected chi connectivity index (χ0v) is 16.8. The minimum atomic E-state index is -4.67. The van der Waals surface area contributed by atoms with Crippen molar-refractivity contribution >= 4 is 0 Å². The standard InChI is InChI=1S/C23H27F4NO2/c24-20(14-28)13-16-1-3-17(4-2-16)15-29-21-9-5-18(6-10-21)19-7-11-22(12-8-19)30-23(25,26)27/h7-8,11-13,16-18,21H,1-6,9-10,15H2/b20-13+. The first kappa shape index (κ1) is 22.6. The molecule has 0 spiro atoms. The fourth-order valence-corrected chi connectivity index (χ4v) is 4.54. The Morgan fingerprint density at radius 3 is 2.20 bits per heavy atom. The molecule has 0 atom stereocenters. The Labute approximate surface area is 174 Å². The van der Waals surface area contributed by atoms with Crippen LogP contribution in [0.2, 0.25) is 0 Å². The normalized spacial score (nSPS) is 28.0. The Hall–Kier alpha value is -2.07. The summed E-state index contributed by atoms with van der Waals surface area (Å²) in [5, 5.41) is 8.53. The van der Waals surface area contributed by atoms with E-state index in [-0.39, 0.29) is 17.8 Å². The van der Waals surface area contributed by atoms with Gasteiger partial charge in [0.1, 0.15) is 11.8 Å². The number of halogens is 4. The van der Waals surface area contributed by atoms with Crippen LogP contribution in [0.1, 0.15) is 62.8 Å². The van der Waals surface area contributed by atoms with Crippen LogP contribution in [-0.4, -0.2) is 19.1 Å². The van der Waals surface area contributed by atoms with Crippen molar-refractivity contribution in [3.63, 3.8) is 0 Å². The van der Waals surface area contributed by atoms with Gasteiger partial charge in [-0.15, -0.1) is 13.2 Å². The molecule has 0 heterocycles. The molecule has 0 unspecified atom stereocenters. The van der Waals surface area contributed by atoms with E-state index in [1.165, 1.54) is 24.3 Å². The first-order valence-corrected chi connectivity index (χ1v) is 10.6. The van der Waals surface area contributed by atoms with Crippen molar-refractivity contribution in [1.29, 1.82) is 5.26 Å². The third kappa shape index (κ3) is 7.02. The summed E-state index contributed by atoms with van der Waals surface area (Å²) < 4.78 is 59.9. The quantitative estimate of drug-likeness (QED) is 0.371. The van der Waals surface area contributed by atoms with Crippen LogP contribution >= 0.6 is 0 Å². The van der Waals surface area contributed by atoms with E-state index in [1.54, 1.807) is 12.1 Å². The molecule has 2 aliphatic carbocycles. The van der Waals surface area contributed by atoms with Crippen LogP contribution in [0.5, 0.6) is 5.75 Å². The minimum Gasteiger partial charge on any atom is -0.406 e. The van der Waals surface area contributed by atoms with E-state index in [2.05, 4.69) is 4.74 Å². The molecule has 0 bridgehead atoms. The van der Waals surface area contributed by atoms with Crippen LogP contribution in [0.25, 0.3) is 0 Å². The van der Waals surface area contributed by atoms with E-state index in [0.29, 0.717) is 11.8 Å². The number of alkyl halides is 3. The van der Waals surface area contributed by atoms with Gasteiger partial charge in [0.05, 0.1) is 6.10 Å². The summed E-state index contributed by atoms with van der Waals surface area (Å²) in [4.78, 5) is 0. The summed E-state index contributed by atoms with van der Waals surface area (Å²) >= 11 is 0. The molecule has 0 amide bonds. The molecule has 2 aliphatic rings. The lowest BCUT2D eigenvalue weighted by atomic mass is 9.81. The Morgan fingerprint density at radius 1 is 1.00 bits per heavy atom. The average molecular weight is 425 g/mol. The maximum atomic E-state index is 13.1. The Kier molecular flexibility index (Phi) is 7.76. The lowest BCUT2D eigenvalue weighted by Crippen LogP contribution is -2.25. The highest BCUT2D eigenvalue weighted by atomic mass is 19.4. The Morgan fingerprint density at radius 2 is 1.63 bits per heavy atom. The highest BCUT2D eigenvalue weighted by Gasteiger charge is 2.31. The molecular weight excluding hydrogens is 398 g/mol. The van der Waals surface area contributed by atoms with E-state index in [9.17, 15) is 17.6 Å². The highest BCUT2D eigenvalue weighted by molar-refractivity contribution is 5.29. The number of nitrogens with zero attached hydrogens (tertiary/aromatic N) is 1. The summed E-state index contributed by atoms with van der Waals surface area (Å²) in [6, 6.07) is 7.72. The monoisotopic (exact) mass is 425 g/mol. The number of benzene rings is 1. The maximum Gasteiger partial charge on any atom is 0.573 e. The van der Waals surface area contributed by atoms with Crippen LogP contribution in [0.3, 0.4) is 0 Å². The first-order chi connectivity index (χ1) is 14.3. The van der Waals surface area contributed by atoms with Crippen molar-refractivity contribution in [2.75, 3.05) is 6.61 Å². The SMILES string of the molecule is N#C/C(F)=C\C1CCC(COC2CCC(c3ccc(OC(F)(F)F)cc3)CC2)CC1. The van der Waals surface area contributed by atoms with E-state index in [1.807, 2.05) is 0 Å². The lowest BCUT2D eigenvalue weighted by Gasteiger charge is -2.32. The second-order valence-corrected chi connectivity index (χ2v) is 8.33. The minimum absolute atomic E-state index is 0.157. The van der Waals surface area contributed by atoms with E-state index >= 15 is 0 Å². The predicted molar refractivity (Wildman–Crippen MR) is 104 cm³/mol. The van der Waals surface area contributed by atoms with Crippen LogP contribution in [0, 0.1) is 23.2 Å². The van der Waals surface area contributed by atoms with Crippen molar-refractivity contribution in [2.24, 2.45) is 11.8 Å². The fourth-order valence-electron chi connectivity index (χ4n) is 4.54. The van der Waals surface area contributed by atoms with Crippen molar-refractivity contribution in [2.45, 2.75) is 69.8 Å². The van der Waals surface area contributed by atoms with Gasteiger partial charge in [0, 0.05) is 6.61 Å². The molecule has 2 fully saturated rings. The van der Waals surface area contributed by atoms with E-state index < -0.39 is 12.2 Å². The van der Waals surface area contributed by atoms with Crippen LogP contribution in [0.4, 0.5) is 17.6 Å². The molecule has 0 radical (unpaired) electrons. The van der Waals surface area contributed by atoms with Crippen molar-refractivity contribution in [1.82, 2.24) is 0 Å². The van der Waals surface area contributed by atoms with Gasteiger partial charge in [-0.2, -0.15) is 9.65 Å². The predicted octanol–water partition coefficient (Wildman–Crippen LogP) is 6.81. The molecule has 0 N–H and O–H groups in total. The molecule has 3 rings (SSSR count). The molecule has 0 aliphatic heterocycles. The zero-order valence-electron chi connectivity index (χ0n) is 16.8. The van der Waals surface area contributed by atoms with Crippen LogP contribution < -0.4 is 4.74 Å². The first-order valence-electron chi connectivity index (χ1n) is 10.6. The van der Waals surface area contributed by atoms with Gasteiger partial charge in [0.25, 0.3) is 0 Å². The summed E-state index contributed by atoms with van der Waals surface area (Å²) in [6.45, 7) is 0.718. The Bertz CT molecular complexity index is 738. The Balaban J connectivity index is 1.37. The summed E-state index contributed by atoms with van der Waals surface area (Å²) in [5.74, 6) is 0.0998. The molecule has 0 saturated heterocycles. The maximum absolute atomic E-state index is 13.1. The summed E-state index contributed by atoms with van der Waals surface area (Å²) in [7, 11) is 0. The van der Waals surface area contributed by atoms with Gasteiger partial charge in [-0.05, 0) is 92.9 Å². The van der Waals surface area contributed by atoms with Crippen molar-refractivity contribution in [3.05, 3.63) is 41.7 Å². The number of nitriles is 1. The number of rotatable bonds is 6. The largest absolute Gasteiger partial charge is 0.573 e. The molecule has 2 saturated carbocycles. The van der Waals surface area contributed by atoms with Gasteiger partial charge >= 0.3 is 6.36 Å². The summed E-state index contributed by atoms with van der Waals surface area (Å²) in [5.41, 5.74) is 1.04. The average Bonchev–Trinajstić information content (AvgIpc) is 2.73. The van der Waals surface area contributed by atoms with Gasteiger partial charge in [-0.3, -0.25) is 0 Å². The van der Waals surface area contributed by atoms with Gasteiger partial charge < -0.3 is 9.47 Å². The second kappa shape index (κ2) is 10.3. The molecule has 1 aromatic carbocycles. The van der Waals surface area contributed by atoms with E-state index in [0.717, 1.165) is 63.5 Å². The number of ether oxygens (including phenoxy) is 2. The third-order valence-corrected chi connectivity index (χ3v) is 6.21. The lowest BCUT2D eigenvalue weighted by molar-refractivity contribution is -0.274. The van der Waals surface area contributed by atoms with Crippen molar-refractivity contribution < 1.29 is 27.0 Å². The summed E-state index contributed by atoms with van der Waals surface area (Å²) in [6.07, 6.45) is 4.55. The fraction of sp³-hybridized carbons (Fsp3) is 0.609. The molecule has 164 valence electrons. The molecular formula is C23H27F4NO2. The van der Waals surface area contributed by atoms with Crippen molar-refractivity contribution in [3.8, 4) is 11.8 Å². The van der Waals surface area contributed by atoms with Gasteiger partial charge in [0.15, 0.2) is 5.83 Å². The molecule has 3 nitrogen and oxygen atoms in total. The third-order valence-electron chi connectivity index (χ3n) is 6.21. The zero-order chi connectivity index (χ0) is 21.6. The molecule has 1 aromatic rings. The van der Waals surface area contributed by atoms with Gasteiger partial charge in [0.2, 0.25) is 0 Å². The molecule has 0 aromatic heterocycles. The number of hydrogen-bond donors (Lipinski definition) is 0. The van der Waals surface area contributed by atoms with Gasteiger partial charge in [-0.1, -0.05) is 12.1 Å². The smallest absolute Gasteiger partial charge is 0.406 e. The number of hydrogen-bond acceptors (Lipinski definition) is 3.